The molecule has 1 rings (SSSR count). The molecule has 0 unspecified atom stereocenters. The Morgan fingerprint density at radius 1 is 1.64 bits per heavy atom. The van der Waals surface area contributed by atoms with E-state index in [1.807, 2.05) is 30.9 Å². The third kappa shape index (κ3) is 2.17. The fourth-order valence-corrected chi connectivity index (χ4v) is 1.27. The molecule has 0 fully saturated rings. The Labute approximate surface area is 82.5 Å². The predicted octanol–water partition coefficient (Wildman–Crippen LogP) is 2.82. The second-order valence-corrected chi connectivity index (χ2v) is 5.02. The van der Waals surface area contributed by atoms with E-state index in [-0.39, 0.29) is 0 Å². The molecule has 11 heavy (non-hydrogen) atoms. The topological polar surface area (TPSA) is 17.8 Å². The highest BCUT2D eigenvalue weighted by Crippen LogP contribution is 2.19. The maximum atomic E-state index is 4.10. The monoisotopic (exact) mass is 278 g/mol. The van der Waals surface area contributed by atoms with Gasteiger partial charge in [-0.3, -0.25) is 4.68 Å². The second-order valence-electron chi connectivity index (χ2n) is 2.24. The molecular formula is C7H8Br2N2. The van der Waals surface area contributed by atoms with Gasteiger partial charge in [0.25, 0.3) is 0 Å². The summed E-state index contributed by atoms with van der Waals surface area (Å²) in [5.74, 6) is 0. The maximum Gasteiger partial charge on any atom is 0.0611 e. The Kier molecular flexibility index (Phi) is 2.90. The smallest absolute Gasteiger partial charge is 0.0611 e. The van der Waals surface area contributed by atoms with Gasteiger partial charge in [-0.1, -0.05) is 0 Å². The van der Waals surface area contributed by atoms with Gasteiger partial charge in [0.2, 0.25) is 0 Å². The molecule has 1 aromatic rings. The van der Waals surface area contributed by atoms with Gasteiger partial charge in [-0.25, -0.2) is 0 Å². The molecule has 0 aromatic carbocycles. The van der Waals surface area contributed by atoms with Crippen LogP contribution in [0.1, 0.15) is 11.3 Å². The first-order valence-corrected chi connectivity index (χ1v) is 4.71. The van der Waals surface area contributed by atoms with E-state index in [4.69, 9.17) is 0 Å². The second kappa shape index (κ2) is 3.54. The molecule has 4 heteroatoms. The van der Waals surface area contributed by atoms with Crippen molar-refractivity contribution >= 4 is 37.9 Å². The van der Waals surface area contributed by atoms with Crippen LogP contribution in [0.3, 0.4) is 0 Å². The normalized spacial score (nSPS) is 9.82. The molecule has 2 nitrogen and oxygen atoms in total. The first kappa shape index (κ1) is 9.00. The summed E-state index contributed by atoms with van der Waals surface area (Å²) in [6, 6.07) is 0. The van der Waals surface area contributed by atoms with Gasteiger partial charge in [-0.05, 0) is 44.9 Å². The average molecular weight is 280 g/mol. The summed E-state index contributed by atoms with van der Waals surface area (Å²) in [6.45, 7) is 2.03. The van der Waals surface area contributed by atoms with Gasteiger partial charge in [0.15, 0.2) is 0 Å². The van der Waals surface area contributed by atoms with Crippen LogP contribution >= 0.6 is 31.9 Å². The Morgan fingerprint density at radius 2 is 2.27 bits per heavy atom. The Hall–Kier alpha value is -0.0900. The molecule has 0 spiro atoms. The summed E-state index contributed by atoms with van der Waals surface area (Å²) in [5.41, 5.74) is 2.28. The molecule has 0 aliphatic carbocycles. The van der Waals surface area contributed by atoms with Gasteiger partial charge in [0.1, 0.15) is 0 Å². The summed E-state index contributed by atoms with van der Waals surface area (Å²) in [5, 5.41) is 4.10. The molecule has 0 aliphatic heterocycles. The van der Waals surface area contributed by atoms with Crippen LogP contribution in [0.25, 0.3) is 6.08 Å². The van der Waals surface area contributed by atoms with Crippen molar-refractivity contribution in [2.45, 2.75) is 6.92 Å². The van der Waals surface area contributed by atoms with E-state index >= 15 is 0 Å². The number of aromatic nitrogens is 2. The summed E-state index contributed by atoms with van der Waals surface area (Å²) >= 11 is 6.59. The van der Waals surface area contributed by atoms with E-state index in [1.165, 1.54) is 0 Å². The lowest BCUT2D eigenvalue weighted by molar-refractivity contribution is 0.740. The maximum absolute atomic E-state index is 4.10. The number of nitrogens with zero attached hydrogens (tertiary/aromatic N) is 2. The van der Waals surface area contributed by atoms with Crippen molar-refractivity contribution in [3.05, 3.63) is 20.8 Å². The van der Waals surface area contributed by atoms with Gasteiger partial charge < -0.3 is 0 Å². The third-order valence-electron chi connectivity index (χ3n) is 1.54. The minimum Gasteiger partial charge on any atom is -0.272 e. The fraction of sp³-hybridized carbons (Fsp3) is 0.286. The molecule has 0 aliphatic rings. The summed E-state index contributed by atoms with van der Waals surface area (Å²) in [4.78, 5) is 0. The summed E-state index contributed by atoms with van der Waals surface area (Å²) < 4.78 is 2.77. The van der Waals surface area contributed by atoms with Crippen molar-refractivity contribution in [3.8, 4) is 0 Å². The number of hydrogen-bond acceptors (Lipinski definition) is 1. The average Bonchev–Trinajstić information content (AvgIpc) is 2.18. The van der Waals surface area contributed by atoms with E-state index in [0.29, 0.717) is 0 Å². The first-order valence-electron chi connectivity index (χ1n) is 3.12. The quantitative estimate of drug-likeness (QED) is 0.773. The minimum atomic E-state index is 0.932. The predicted molar refractivity (Wildman–Crippen MR) is 53.8 cm³/mol. The van der Waals surface area contributed by atoms with Gasteiger partial charge in [-0.2, -0.15) is 5.10 Å². The molecule has 0 radical (unpaired) electrons. The summed E-state index contributed by atoms with van der Waals surface area (Å²) in [6.07, 6.45) is 3.81. The molecule has 0 bridgehead atoms. The fourth-order valence-electron chi connectivity index (χ4n) is 0.775. The molecule has 60 valence electrons. The molecule has 1 aromatic heterocycles. The summed E-state index contributed by atoms with van der Waals surface area (Å²) in [7, 11) is 1.93. The lowest BCUT2D eigenvalue weighted by atomic mass is 10.3. The molecule has 0 amide bonds. The van der Waals surface area contributed by atoms with Gasteiger partial charge in [-0.15, -0.1) is 0 Å². The SMILES string of the molecule is Cc1c(C=C(Br)Br)cnn1C. The molecule has 0 N–H and O–H groups in total. The lowest BCUT2D eigenvalue weighted by Crippen LogP contribution is -1.92. The van der Waals surface area contributed by atoms with Crippen LogP contribution in [0.5, 0.6) is 0 Å². The van der Waals surface area contributed by atoms with Crippen LogP contribution in [0.15, 0.2) is 9.59 Å². The molecular weight excluding hydrogens is 272 g/mol. The lowest BCUT2D eigenvalue weighted by Gasteiger charge is -1.93. The van der Waals surface area contributed by atoms with Crippen molar-refractivity contribution in [2.24, 2.45) is 7.05 Å². The molecule has 0 atom stereocenters. The largest absolute Gasteiger partial charge is 0.272 e. The van der Waals surface area contributed by atoms with E-state index < -0.39 is 0 Å². The van der Waals surface area contributed by atoms with Gasteiger partial charge >= 0.3 is 0 Å². The highest BCUT2D eigenvalue weighted by molar-refractivity contribution is 9.28. The van der Waals surface area contributed by atoms with Crippen LogP contribution < -0.4 is 0 Å². The highest BCUT2D eigenvalue weighted by atomic mass is 79.9. The van der Waals surface area contributed by atoms with Crippen molar-refractivity contribution < 1.29 is 0 Å². The van der Waals surface area contributed by atoms with E-state index in [2.05, 4.69) is 37.0 Å². The number of halogens is 2. The molecule has 1 heterocycles. The van der Waals surface area contributed by atoms with Crippen molar-refractivity contribution in [3.63, 3.8) is 0 Å². The Balaban J connectivity index is 3.06. The van der Waals surface area contributed by atoms with Crippen LogP contribution in [-0.4, -0.2) is 9.78 Å². The van der Waals surface area contributed by atoms with Gasteiger partial charge in [0.05, 0.1) is 9.59 Å². The Morgan fingerprint density at radius 3 is 2.64 bits per heavy atom. The Bertz CT molecular complexity index is 285. The van der Waals surface area contributed by atoms with Crippen LogP contribution in [-0.2, 0) is 7.05 Å². The number of rotatable bonds is 1. The van der Waals surface area contributed by atoms with Crippen LogP contribution in [0.2, 0.25) is 0 Å². The van der Waals surface area contributed by atoms with Crippen LogP contribution in [0, 0.1) is 6.92 Å². The third-order valence-corrected chi connectivity index (χ3v) is 2.00. The van der Waals surface area contributed by atoms with Crippen molar-refractivity contribution in [2.75, 3.05) is 0 Å². The standard InChI is InChI=1S/C7H8Br2N2/c1-5-6(3-7(8)9)4-10-11(5)2/h3-4H,1-2H3. The zero-order valence-electron chi connectivity index (χ0n) is 6.31. The zero-order valence-corrected chi connectivity index (χ0v) is 9.48. The zero-order chi connectivity index (χ0) is 8.43. The van der Waals surface area contributed by atoms with Crippen molar-refractivity contribution in [1.29, 1.82) is 0 Å². The van der Waals surface area contributed by atoms with Crippen molar-refractivity contribution in [1.82, 2.24) is 9.78 Å². The number of aryl methyl sites for hydroxylation is 1. The van der Waals surface area contributed by atoms with E-state index in [0.717, 1.165) is 14.6 Å². The van der Waals surface area contributed by atoms with E-state index in [1.54, 1.807) is 0 Å². The van der Waals surface area contributed by atoms with E-state index in [9.17, 15) is 0 Å². The highest BCUT2D eigenvalue weighted by Gasteiger charge is 1.99. The molecule has 0 saturated carbocycles. The van der Waals surface area contributed by atoms with Crippen LogP contribution in [0.4, 0.5) is 0 Å². The number of hydrogen-bond donors (Lipinski definition) is 0. The first-order chi connectivity index (χ1) is 5.11. The molecule has 0 saturated heterocycles. The van der Waals surface area contributed by atoms with Gasteiger partial charge in [0, 0.05) is 18.3 Å². The minimum absolute atomic E-state index is 0.932.